The lowest BCUT2D eigenvalue weighted by molar-refractivity contribution is 0.0995. The molecule has 1 aromatic heterocycles. The van der Waals surface area contributed by atoms with Crippen LogP contribution in [0.1, 0.15) is 28.8 Å². The summed E-state index contributed by atoms with van der Waals surface area (Å²) in [6, 6.07) is 10.5. The maximum atomic E-state index is 12.0. The highest BCUT2D eigenvalue weighted by Crippen LogP contribution is 2.14. The van der Waals surface area contributed by atoms with Gasteiger partial charge in [-0.3, -0.25) is 4.79 Å². The van der Waals surface area contributed by atoms with E-state index in [-0.39, 0.29) is 11.7 Å². The molecule has 3 N–H and O–H groups in total. The van der Waals surface area contributed by atoms with Gasteiger partial charge in [0.25, 0.3) is 5.91 Å². The van der Waals surface area contributed by atoms with Crippen LogP contribution in [0, 0.1) is 0 Å². The van der Waals surface area contributed by atoms with Crippen molar-refractivity contribution in [2.24, 2.45) is 5.73 Å². The zero-order valence-electron chi connectivity index (χ0n) is 10.5. The maximum Gasteiger partial charge on any atom is 0.291 e. The molecule has 0 bridgehead atoms. The summed E-state index contributed by atoms with van der Waals surface area (Å²) >= 11 is 4.89. The summed E-state index contributed by atoms with van der Waals surface area (Å²) in [4.78, 5) is 12.2. The Balaban J connectivity index is 2.14. The zero-order valence-corrected chi connectivity index (χ0v) is 11.3. The number of nitrogens with two attached hydrogens (primary N) is 1. The van der Waals surface area contributed by atoms with E-state index in [1.807, 2.05) is 6.92 Å². The van der Waals surface area contributed by atoms with Crippen molar-refractivity contribution in [3.05, 3.63) is 53.5 Å². The van der Waals surface area contributed by atoms with Gasteiger partial charge < -0.3 is 15.5 Å². The number of benzene rings is 1. The van der Waals surface area contributed by atoms with E-state index >= 15 is 0 Å². The van der Waals surface area contributed by atoms with Crippen LogP contribution in [0.5, 0.6) is 0 Å². The highest BCUT2D eigenvalue weighted by atomic mass is 32.1. The molecule has 1 heterocycles. The van der Waals surface area contributed by atoms with Crippen molar-refractivity contribution in [1.82, 2.24) is 0 Å². The first-order valence-corrected chi connectivity index (χ1v) is 6.31. The number of hydrogen-bond acceptors (Lipinski definition) is 3. The molecule has 5 heteroatoms. The number of thiocarbonyl (C=S) groups is 1. The third kappa shape index (κ3) is 3.20. The van der Waals surface area contributed by atoms with Gasteiger partial charge in [-0.1, -0.05) is 31.3 Å². The zero-order chi connectivity index (χ0) is 13.8. The van der Waals surface area contributed by atoms with Crippen LogP contribution < -0.4 is 11.1 Å². The predicted octanol–water partition coefficient (Wildman–Crippen LogP) is 2.73. The molecule has 0 unspecified atom stereocenters. The number of furan rings is 1. The minimum Gasteiger partial charge on any atom is -0.456 e. The number of carbonyl (C=O) groups excluding carboxylic acids is 1. The largest absolute Gasteiger partial charge is 0.456 e. The molecule has 98 valence electrons. The smallest absolute Gasteiger partial charge is 0.291 e. The molecule has 0 radical (unpaired) electrons. The van der Waals surface area contributed by atoms with E-state index in [4.69, 9.17) is 22.4 Å². The van der Waals surface area contributed by atoms with Crippen molar-refractivity contribution in [3.63, 3.8) is 0 Å². The highest BCUT2D eigenvalue weighted by molar-refractivity contribution is 7.80. The third-order valence-corrected chi connectivity index (χ3v) is 2.87. The summed E-state index contributed by atoms with van der Waals surface area (Å²) in [5.41, 5.74) is 6.89. The third-order valence-electron chi connectivity index (χ3n) is 2.64. The molecule has 0 saturated carbocycles. The fourth-order valence-corrected chi connectivity index (χ4v) is 1.76. The lowest BCUT2D eigenvalue weighted by atomic mass is 10.2. The van der Waals surface area contributed by atoms with E-state index in [1.54, 1.807) is 36.4 Å². The SMILES string of the molecule is CCc1ccc(C(=O)Nc2cccc(C(N)=S)c2)o1. The van der Waals surface area contributed by atoms with Crippen LogP contribution in [0.25, 0.3) is 0 Å². The molecule has 0 aliphatic rings. The summed E-state index contributed by atoms with van der Waals surface area (Å²) in [5, 5.41) is 2.74. The second-order valence-electron chi connectivity index (χ2n) is 4.02. The Morgan fingerprint density at radius 2 is 2.16 bits per heavy atom. The molecule has 2 aromatic rings. The Bertz CT molecular complexity index is 619. The van der Waals surface area contributed by atoms with E-state index in [2.05, 4.69) is 5.32 Å². The van der Waals surface area contributed by atoms with Gasteiger partial charge in [0, 0.05) is 17.7 Å². The normalized spacial score (nSPS) is 10.2. The Hall–Kier alpha value is -2.14. The number of carbonyl (C=O) groups is 1. The number of anilines is 1. The molecule has 0 aliphatic carbocycles. The van der Waals surface area contributed by atoms with Crippen LogP contribution in [-0.4, -0.2) is 10.9 Å². The van der Waals surface area contributed by atoms with Gasteiger partial charge in [-0.15, -0.1) is 0 Å². The number of rotatable bonds is 4. The van der Waals surface area contributed by atoms with Crippen LogP contribution in [0.15, 0.2) is 40.8 Å². The van der Waals surface area contributed by atoms with Gasteiger partial charge in [0.1, 0.15) is 10.7 Å². The van der Waals surface area contributed by atoms with E-state index in [0.717, 1.165) is 12.2 Å². The van der Waals surface area contributed by atoms with Gasteiger partial charge >= 0.3 is 0 Å². The number of amides is 1. The van der Waals surface area contributed by atoms with Crippen molar-refractivity contribution >= 4 is 28.8 Å². The van der Waals surface area contributed by atoms with Crippen molar-refractivity contribution < 1.29 is 9.21 Å². The van der Waals surface area contributed by atoms with Gasteiger partial charge in [0.15, 0.2) is 5.76 Å². The fraction of sp³-hybridized carbons (Fsp3) is 0.143. The average Bonchev–Trinajstić information content (AvgIpc) is 2.88. The van der Waals surface area contributed by atoms with Gasteiger partial charge in [0.2, 0.25) is 0 Å². The monoisotopic (exact) mass is 274 g/mol. The van der Waals surface area contributed by atoms with Gasteiger partial charge in [0.05, 0.1) is 0 Å². The van der Waals surface area contributed by atoms with Crippen LogP contribution in [0.4, 0.5) is 5.69 Å². The molecule has 2 rings (SSSR count). The minimum absolute atomic E-state index is 0.289. The molecule has 4 nitrogen and oxygen atoms in total. The van der Waals surface area contributed by atoms with Crippen LogP contribution in [0.3, 0.4) is 0 Å². The quantitative estimate of drug-likeness (QED) is 0.841. The Morgan fingerprint density at radius 1 is 1.37 bits per heavy atom. The topological polar surface area (TPSA) is 68.3 Å². The first-order chi connectivity index (χ1) is 9.10. The molecular formula is C14H14N2O2S. The van der Waals surface area contributed by atoms with Crippen LogP contribution in [0.2, 0.25) is 0 Å². The molecule has 0 fully saturated rings. The molecule has 1 amide bonds. The predicted molar refractivity (Wildman–Crippen MR) is 78.4 cm³/mol. The Morgan fingerprint density at radius 3 is 2.79 bits per heavy atom. The summed E-state index contributed by atoms with van der Waals surface area (Å²) in [6.45, 7) is 1.96. The second kappa shape index (κ2) is 5.67. The van der Waals surface area contributed by atoms with E-state index < -0.39 is 0 Å². The van der Waals surface area contributed by atoms with E-state index in [1.165, 1.54) is 0 Å². The second-order valence-corrected chi connectivity index (χ2v) is 4.46. The molecule has 1 aromatic carbocycles. The number of nitrogens with one attached hydrogen (secondary N) is 1. The summed E-state index contributed by atoms with van der Waals surface area (Å²) in [5.74, 6) is 0.777. The van der Waals surface area contributed by atoms with E-state index in [0.29, 0.717) is 16.2 Å². The van der Waals surface area contributed by atoms with Gasteiger partial charge in [-0.2, -0.15) is 0 Å². The van der Waals surface area contributed by atoms with E-state index in [9.17, 15) is 4.79 Å². The summed E-state index contributed by atoms with van der Waals surface area (Å²) in [6.07, 6.45) is 0.754. The maximum absolute atomic E-state index is 12.0. The Labute approximate surface area is 116 Å². The fourth-order valence-electron chi connectivity index (χ4n) is 1.63. The van der Waals surface area contributed by atoms with Crippen LogP contribution in [-0.2, 0) is 6.42 Å². The van der Waals surface area contributed by atoms with Crippen molar-refractivity contribution in [2.45, 2.75) is 13.3 Å². The van der Waals surface area contributed by atoms with Crippen molar-refractivity contribution in [1.29, 1.82) is 0 Å². The first kappa shape index (κ1) is 13.3. The van der Waals surface area contributed by atoms with Crippen molar-refractivity contribution in [3.8, 4) is 0 Å². The average molecular weight is 274 g/mol. The van der Waals surface area contributed by atoms with Crippen LogP contribution >= 0.6 is 12.2 Å². The first-order valence-electron chi connectivity index (χ1n) is 5.90. The Kier molecular flexibility index (Phi) is 3.97. The highest BCUT2D eigenvalue weighted by Gasteiger charge is 2.11. The molecular weight excluding hydrogens is 260 g/mol. The van der Waals surface area contributed by atoms with Gasteiger partial charge in [-0.25, -0.2) is 0 Å². The molecule has 19 heavy (non-hydrogen) atoms. The van der Waals surface area contributed by atoms with Gasteiger partial charge in [-0.05, 0) is 24.3 Å². The summed E-state index contributed by atoms with van der Waals surface area (Å²) < 4.78 is 5.38. The number of aryl methyl sites for hydroxylation is 1. The lowest BCUT2D eigenvalue weighted by Gasteiger charge is -2.05. The standard InChI is InChI=1S/C14H14N2O2S/c1-2-11-6-7-12(18-11)14(17)16-10-5-3-4-9(8-10)13(15)19/h3-8H,2H2,1H3,(H2,15,19)(H,16,17). The molecule has 0 atom stereocenters. The minimum atomic E-state index is -0.292. The number of hydrogen-bond donors (Lipinski definition) is 2. The molecule has 0 saturated heterocycles. The summed E-state index contributed by atoms with van der Waals surface area (Å²) in [7, 11) is 0. The molecule has 0 aliphatic heterocycles. The van der Waals surface area contributed by atoms with Crippen molar-refractivity contribution in [2.75, 3.05) is 5.32 Å². The molecule has 0 spiro atoms. The lowest BCUT2D eigenvalue weighted by Crippen LogP contribution is -2.13.